The van der Waals surface area contributed by atoms with Crippen LogP contribution in [0.4, 0.5) is 0 Å². The number of piperidine rings is 1. The summed E-state index contributed by atoms with van der Waals surface area (Å²) in [6, 6.07) is 3.79. The molecule has 1 amide bonds. The molecular weight excluding hydrogens is 238 g/mol. The van der Waals surface area contributed by atoms with Crippen LogP contribution in [0.25, 0.3) is 0 Å². The Balaban J connectivity index is 2.01. The van der Waals surface area contributed by atoms with Gasteiger partial charge in [0, 0.05) is 19.3 Å². The minimum Gasteiger partial charge on any atom is -0.341 e. The molecule has 0 spiro atoms. The smallest absolute Gasteiger partial charge is 0.255 e. The van der Waals surface area contributed by atoms with Gasteiger partial charge in [-0.25, -0.2) is 0 Å². The number of carbonyl (C=O) groups is 1. The number of nitrogens with one attached hydrogen (secondary N) is 1. The van der Waals surface area contributed by atoms with Crippen molar-refractivity contribution in [1.29, 1.82) is 0 Å². The van der Waals surface area contributed by atoms with Crippen molar-refractivity contribution in [3.63, 3.8) is 0 Å². The summed E-state index contributed by atoms with van der Waals surface area (Å²) in [6.07, 6.45) is 2.31. The van der Waals surface area contributed by atoms with E-state index in [1.165, 1.54) is 0 Å². The number of aromatic nitrogens is 1. The lowest BCUT2D eigenvalue weighted by Crippen LogP contribution is -2.37. The van der Waals surface area contributed by atoms with Gasteiger partial charge in [0.2, 0.25) is 0 Å². The summed E-state index contributed by atoms with van der Waals surface area (Å²) in [7, 11) is 1.89. The quantitative estimate of drug-likeness (QED) is 0.902. The van der Waals surface area contributed by atoms with Crippen molar-refractivity contribution in [1.82, 2.24) is 15.2 Å². The van der Waals surface area contributed by atoms with Crippen LogP contribution in [0.1, 0.15) is 34.6 Å². The molecule has 4 heteroatoms. The van der Waals surface area contributed by atoms with Crippen molar-refractivity contribution < 1.29 is 4.79 Å². The minimum atomic E-state index is 0.0866. The van der Waals surface area contributed by atoms with Gasteiger partial charge < -0.3 is 10.2 Å². The van der Waals surface area contributed by atoms with Gasteiger partial charge in [0.1, 0.15) is 0 Å². The van der Waals surface area contributed by atoms with Gasteiger partial charge in [0.05, 0.1) is 11.3 Å². The van der Waals surface area contributed by atoms with Gasteiger partial charge in [-0.05, 0) is 57.8 Å². The average Bonchev–Trinajstić information content (AvgIpc) is 2.39. The maximum absolute atomic E-state index is 12.4. The highest BCUT2D eigenvalue weighted by Gasteiger charge is 2.20. The maximum atomic E-state index is 12.4. The van der Waals surface area contributed by atoms with E-state index in [9.17, 15) is 4.79 Å². The van der Waals surface area contributed by atoms with Crippen molar-refractivity contribution in [3.8, 4) is 0 Å². The molecule has 1 aliphatic rings. The predicted molar refractivity (Wildman–Crippen MR) is 76.3 cm³/mol. The van der Waals surface area contributed by atoms with E-state index in [2.05, 4.69) is 10.3 Å². The largest absolute Gasteiger partial charge is 0.341 e. The third-order valence-corrected chi connectivity index (χ3v) is 3.79. The highest BCUT2D eigenvalue weighted by molar-refractivity contribution is 5.95. The number of hydrogen-bond acceptors (Lipinski definition) is 3. The Bertz CT molecular complexity index is 453. The number of carbonyl (C=O) groups excluding carboxylic acids is 1. The number of aryl methyl sites for hydroxylation is 2. The molecule has 0 radical (unpaired) electrons. The van der Waals surface area contributed by atoms with Crippen LogP contribution in [0.2, 0.25) is 0 Å². The second kappa shape index (κ2) is 6.15. The maximum Gasteiger partial charge on any atom is 0.255 e. The van der Waals surface area contributed by atoms with E-state index < -0.39 is 0 Å². The monoisotopic (exact) mass is 261 g/mol. The van der Waals surface area contributed by atoms with Gasteiger partial charge in [-0.1, -0.05) is 0 Å². The zero-order chi connectivity index (χ0) is 13.8. The van der Waals surface area contributed by atoms with E-state index in [0.29, 0.717) is 5.92 Å². The standard InChI is InChI=1S/C15H23N3O/c1-11-4-5-14(12(2)17-11)15(19)18(3)10-13-6-8-16-9-7-13/h4-5,13,16H,6-10H2,1-3H3. The first-order chi connectivity index (χ1) is 9.08. The third kappa shape index (κ3) is 3.53. The van der Waals surface area contributed by atoms with Crippen LogP contribution >= 0.6 is 0 Å². The Morgan fingerprint density at radius 3 is 2.68 bits per heavy atom. The number of rotatable bonds is 3. The Kier molecular flexibility index (Phi) is 4.53. The van der Waals surface area contributed by atoms with E-state index in [0.717, 1.165) is 49.4 Å². The molecule has 1 aromatic rings. The van der Waals surface area contributed by atoms with Gasteiger partial charge in [0.25, 0.3) is 5.91 Å². The molecule has 1 saturated heterocycles. The molecule has 2 heterocycles. The summed E-state index contributed by atoms with van der Waals surface area (Å²) < 4.78 is 0. The molecule has 1 N–H and O–H groups in total. The van der Waals surface area contributed by atoms with Crippen LogP contribution < -0.4 is 5.32 Å². The fourth-order valence-electron chi connectivity index (χ4n) is 2.65. The Morgan fingerprint density at radius 1 is 1.37 bits per heavy atom. The minimum absolute atomic E-state index is 0.0866. The van der Waals surface area contributed by atoms with E-state index in [1.54, 1.807) is 0 Å². The predicted octanol–water partition coefficient (Wildman–Crippen LogP) is 1.77. The van der Waals surface area contributed by atoms with E-state index in [4.69, 9.17) is 0 Å². The van der Waals surface area contributed by atoms with Crippen molar-refractivity contribution >= 4 is 5.91 Å². The molecule has 2 rings (SSSR count). The summed E-state index contributed by atoms with van der Waals surface area (Å²) in [5.74, 6) is 0.706. The molecule has 4 nitrogen and oxygen atoms in total. The third-order valence-electron chi connectivity index (χ3n) is 3.79. The molecule has 1 fully saturated rings. The van der Waals surface area contributed by atoms with Gasteiger partial charge in [-0.15, -0.1) is 0 Å². The first-order valence-electron chi connectivity index (χ1n) is 6.98. The molecule has 0 saturated carbocycles. The molecule has 104 valence electrons. The Hall–Kier alpha value is -1.42. The summed E-state index contributed by atoms with van der Waals surface area (Å²) in [4.78, 5) is 18.6. The molecule has 0 bridgehead atoms. The van der Waals surface area contributed by atoms with E-state index in [-0.39, 0.29) is 5.91 Å². The molecule has 1 aromatic heterocycles. The second-order valence-electron chi connectivity index (χ2n) is 5.46. The highest BCUT2D eigenvalue weighted by atomic mass is 16.2. The number of hydrogen-bond donors (Lipinski definition) is 1. The lowest BCUT2D eigenvalue weighted by atomic mass is 9.97. The SMILES string of the molecule is Cc1ccc(C(=O)N(C)CC2CCNCC2)c(C)n1. The van der Waals surface area contributed by atoms with Crippen molar-refractivity contribution in [2.24, 2.45) is 5.92 Å². The molecule has 0 atom stereocenters. The van der Waals surface area contributed by atoms with Gasteiger partial charge in [-0.2, -0.15) is 0 Å². The van der Waals surface area contributed by atoms with Crippen LogP contribution in [-0.2, 0) is 0 Å². The lowest BCUT2D eigenvalue weighted by Gasteiger charge is -2.27. The lowest BCUT2D eigenvalue weighted by molar-refractivity contribution is 0.0761. The fourth-order valence-corrected chi connectivity index (χ4v) is 2.65. The highest BCUT2D eigenvalue weighted by Crippen LogP contribution is 2.15. The summed E-state index contributed by atoms with van der Waals surface area (Å²) >= 11 is 0. The zero-order valence-corrected chi connectivity index (χ0v) is 12.1. The molecular formula is C15H23N3O. The summed E-state index contributed by atoms with van der Waals surface area (Å²) in [6.45, 7) is 6.82. The molecule has 0 aliphatic carbocycles. The molecule has 0 unspecified atom stereocenters. The van der Waals surface area contributed by atoms with Gasteiger partial charge >= 0.3 is 0 Å². The second-order valence-corrected chi connectivity index (χ2v) is 5.46. The molecule has 19 heavy (non-hydrogen) atoms. The van der Waals surface area contributed by atoms with Crippen LogP contribution in [0, 0.1) is 19.8 Å². The topological polar surface area (TPSA) is 45.2 Å². The van der Waals surface area contributed by atoms with Gasteiger partial charge in [0.15, 0.2) is 0 Å². The van der Waals surface area contributed by atoms with Crippen molar-refractivity contribution in [2.45, 2.75) is 26.7 Å². The number of amides is 1. The van der Waals surface area contributed by atoms with E-state index in [1.807, 2.05) is 37.9 Å². The summed E-state index contributed by atoms with van der Waals surface area (Å²) in [5.41, 5.74) is 2.50. The fraction of sp³-hybridized carbons (Fsp3) is 0.600. The first kappa shape index (κ1) is 14.0. The zero-order valence-electron chi connectivity index (χ0n) is 12.1. The van der Waals surface area contributed by atoms with Crippen LogP contribution in [-0.4, -0.2) is 42.5 Å². The van der Waals surface area contributed by atoms with Crippen LogP contribution in [0.5, 0.6) is 0 Å². The summed E-state index contributed by atoms with van der Waals surface area (Å²) in [5, 5.41) is 3.35. The normalized spacial score (nSPS) is 16.4. The average molecular weight is 261 g/mol. The Labute approximate surface area is 115 Å². The first-order valence-corrected chi connectivity index (χ1v) is 6.98. The van der Waals surface area contributed by atoms with Crippen molar-refractivity contribution in [2.75, 3.05) is 26.7 Å². The number of nitrogens with zero attached hydrogens (tertiary/aromatic N) is 2. The van der Waals surface area contributed by atoms with Crippen LogP contribution in [0.15, 0.2) is 12.1 Å². The van der Waals surface area contributed by atoms with Gasteiger partial charge in [-0.3, -0.25) is 9.78 Å². The van der Waals surface area contributed by atoms with Crippen LogP contribution in [0.3, 0.4) is 0 Å². The van der Waals surface area contributed by atoms with Crippen molar-refractivity contribution in [3.05, 3.63) is 29.1 Å². The molecule has 1 aliphatic heterocycles. The molecule has 0 aromatic carbocycles. The Morgan fingerprint density at radius 2 is 2.05 bits per heavy atom. The number of pyridine rings is 1. The van der Waals surface area contributed by atoms with E-state index >= 15 is 0 Å².